The lowest BCUT2D eigenvalue weighted by molar-refractivity contribution is -0.117. The molecule has 0 aromatic heterocycles. The quantitative estimate of drug-likeness (QED) is 0.792. The third kappa shape index (κ3) is 5.17. The van der Waals surface area contributed by atoms with Crippen molar-refractivity contribution < 1.29 is 9.59 Å². The topological polar surface area (TPSA) is 75.4 Å². The van der Waals surface area contributed by atoms with Crippen LogP contribution in [-0.4, -0.2) is 42.4 Å². The molecule has 0 unspecified atom stereocenters. The SMILES string of the molecule is C[C@@H](CNC(=O)c1cccc(-c2ccc(CC(N)=O)cc2)c1)N1CCCC1. The maximum absolute atomic E-state index is 12.5. The molecule has 1 aliphatic rings. The fraction of sp³-hybridized carbons (Fsp3) is 0.364. The van der Waals surface area contributed by atoms with Crippen LogP contribution in [0.25, 0.3) is 11.1 Å². The highest BCUT2D eigenvalue weighted by Gasteiger charge is 2.18. The third-order valence-electron chi connectivity index (χ3n) is 5.11. The average molecular weight is 365 g/mol. The first-order valence-electron chi connectivity index (χ1n) is 9.53. The highest BCUT2D eigenvalue weighted by molar-refractivity contribution is 5.95. The van der Waals surface area contributed by atoms with Crippen molar-refractivity contribution in [2.75, 3.05) is 19.6 Å². The first kappa shape index (κ1) is 19.1. The summed E-state index contributed by atoms with van der Waals surface area (Å²) in [5.41, 5.74) is 8.75. The number of nitrogens with zero attached hydrogens (tertiary/aromatic N) is 1. The number of carbonyl (C=O) groups excluding carboxylic acids is 2. The maximum Gasteiger partial charge on any atom is 0.251 e. The zero-order valence-electron chi connectivity index (χ0n) is 15.8. The standard InChI is InChI=1S/C22H27N3O2/c1-16(25-11-2-3-12-25)15-24-22(27)20-6-4-5-19(14-20)18-9-7-17(8-10-18)13-21(23)26/h4-10,14,16H,2-3,11-13,15H2,1H3,(H2,23,26)(H,24,27)/t16-/m0/s1. The highest BCUT2D eigenvalue weighted by atomic mass is 16.2. The normalized spacial score (nSPS) is 15.4. The van der Waals surface area contributed by atoms with Crippen molar-refractivity contribution >= 4 is 11.8 Å². The summed E-state index contributed by atoms with van der Waals surface area (Å²) in [6.07, 6.45) is 2.73. The first-order valence-corrected chi connectivity index (χ1v) is 9.53. The summed E-state index contributed by atoms with van der Waals surface area (Å²) >= 11 is 0. The lowest BCUT2D eigenvalue weighted by Gasteiger charge is -2.23. The van der Waals surface area contributed by atoms with Gasteiger partial charge in [0.2, 0.25) is 5.91 Å². The van der Waals surface area contributed by atoms with Crippen LogP contribution in [0.3, 0.4) is 0 Å². The van der Waals surface area contributed by atoms with Gasteiger partial charge in [-0.3, -0.25) is 14.5 Å². The number of hydrogen-bond acceptors (Lipinski definition) is 3. The molecule has 1 aliphatic heterocycles. The molecular formula is C22H27N3O2. The molecule has 2 aromatic rings. The molecule has 2 aromatic carbocycles. The van der Waals surface area contributed by atoms with E-state index in [4.69, 9.17) is 5.73 Å². The second-order valence-electron chi connectivity index (χ2n) is 7.22. The molecule has 0 bridgehead atoms. The Balaban J connectivity index is 1.63. The Morgan fingerprint density at radius 1 is 1.07 bits per heavy atom. The van der Waals surface area contributed by atoms with Crippen LogP contribution in [0.15, 0.2) is 48.5 Å². The predicted octanol–water partition coefficient (Wildman–Crippen LogP) is 2.60. The monoisotopic (exact) mass is 365 g/mol. The first-order chi connectivity index (χ1) is 13.0. The van der Waals surface area contributed by atoms with Crippen molar-refractivity contribution in [2.45, 2.75) is 32.2 Å². The Hall–Kier alpha value is -2.66. The van der Waals surface area contributed by atoms with Gasteiger partial charge >= 0.3 is 0 Å². The zero-order valence-corrected chi connectivity index (χ0v) is 15.8. The molecule has 1 saturated heterocycles. The molecule has 5 nitrogen and oxygen atoms in total. The molecule has 27 heavy (non-hydrogen) atoms. The van der Waals surface area contributed by atoms with E-state index < -0.39 is 0 Å². The Labute approximate surface area is 160 Å². The van der Waals surface area contributed by atoms with Crippen LogP contribution in [0, 0.1) is 0 Å². The fourth-order valence-electron chi connectivity index (χ4n) is 3.51. The number of nitrogens with two attached hydrogens (primary N) is 1. The van der Waals surface area contributed by atoms with E-state index in [0.29, 0.717) is 18.2 Å². The van der Waals surface area contributed by atoms with Gasteiger partial charge in [-0.25, -0.2) is 0 Å². The molecule has 0 radical (unpaired) electrons. The van der Waals surface area contributed by atoms with Gasteiger partial charge in [0, 0.05) is 18.2 Å². The largest absolute Gasteiger partial charge is 0.369 e. The Morgan fingerprint density at radius 3 is 2.44 bits per heavy atom. The molecule has 142 valence electrons. The van der Waals surface area contributed by atoms with Crippen molar-refractivity contribution in [3.63, 3.8) is 0 Å². The summed E-state index contributed by atoms with van der Waals surface area (Å²) in [5, 5.41) is 3.05. The summed E-state index contributed by atoms with van der Waals surface area (Å²) < 4.78 is 0. The summed E-state index contributed by atoms with van der Waals surface area (Å²) in [4.78, 5) is 26.0. The van der Waals surface area contributed by atoms with E-state index in [1.54, 1.807) is 0 Å². The molecule has 0 aliphatic carbocycles. The van der Waals surface area contributed by atoms with Crippen LogP contribution in [0.5, 0.6) is 0 Å². The van der Waals surface area contributed by atoms with Crippen molar-refractivity contribution in [1.29, 1.82) is 0 Å². The number of nitrogens with one attached hydrogen (secondary N) is 1. The van der Waals surface area contributed by atoms with Crippen molar-refractivity contribution in [2.24, 2.45) is 5.73 Å². The summed E-state index contributed by atoms with van der Waals surface area (Å²) in [6.45, 7) is 5.07. The third-order valence-corrected chi connectivity index (χ3v) is 5.11. The van der Waals surface area contributed by atoms with E-state index in [-0.39, 0.29) is 18.2 Å². The molecule has 1 heterocycles. The van der Waals surface area contributed by atoms with Crippen LogP contribution in [0.1, 0.15) is 35.7 Å². The molecule has 3 N–H and O–H groups in total. The van der Waals surface area contributed by atoms with E-state index in [2.05, 4.69) is 17.1 Å². The number of carbonyl (C=O) groups is 2. The Bertz CT molecular complexity index is 795. The Morgan fingerprint density at radius 2 is 1.78 bits per heavy atom. The average Bonchev–Trinajstić information content (AvgIpc) is 3.21. The molecule has 1 atom stereocenters. The Kier molecular flexibility index (Phi) is 6.24. The van der Waals surface area contributed by atoms with Gasteiger partial charge < -0.3 is 11.1 Å². The molecule has 0 saturated carbocycles. The maximum atomic E-state index is 12.5. The number of benzene rings is 2. The smallest absolute Gasteiger partial charge is 0.251 e. The number of likely N-dealkylation sites (tertiary alicyclic amines) is 1. The van der Waals surface area contributed by atoms with Gasteiger partial charge in [0.25, 0.3) is 5.91 Å². The van der Waals surface area contributed by atoms with E-state index in [9.17, 15) is 9.59 Å². The molecule has 1 fully saturated rings. The van der Waals surface area contributed by atoms with Crippen LogP contribution in [0.4, 0.5) is 0 Å². The zero-order chi connectivity index (χ0) is 19.2. The van der Waals surface area contributed by atoms with Crippen molar-refractivity contribution in [3.05, 3.63) is 59.7 Å². The van der Waals surface area contributed by atoms with Crippen LogP contribution < -0.4 is 11.1 Å². The molecular weight excluding hydrogens is 338 g/mol. The summed E-state index contributed by atoms with van der Waals surface area (Å²) in [5.74, 6) is -0.391. The minimum atomic E-state index is -0.343. The van der Waals surface area contributed by atoms with Crippen molar-refractivity contribution in [1.82, 2.24) is 10.2 Å². The van der Waals surface area contributed by atoms with Crippen molar-refractivity contribution in [3.8, 4) is 11.1 Å². The van der Waals surface area contributed by atoms with Crippen LogP contribution in [0.2, 0.25) is 0 Å². The minimum absolute atomic E-state index is 0.0479. The lowest BCUT2D eigenvalue weighted by atomic mass is 10.0. The van der Waals surface area contributed by atoms with E-state index in [0.717, 1.165) is 29.8 Å². The van der Waals surface area contributed by atoms with Gasteiger partial charge in [0.05, 0.1) is 6.42 Å². The lowest BCUT2D eigenvalue weighted by Crippen LogP contribution is -2.40. The highest BCUT2D eigenvalue weighted by Crippen LogP contribution is 2.21. The summed E-state index contributed by atoms with van der Waals surface area (Å²) in [6, 6.07) is 15.7. The number of rotatable bonds is 7. The van der Waals surface area contributed by atoms with Gasteiger partial charge in [-0.15, -0.1) is 0 Å². The van der Waals surface area contributed by atoms with Crippen LogP contribution >= 0.6 is 0 Å². The second kappa shape index (κ2) is 8.82. The van der Waals surface area contributed by atoms with E-state index in [1.165, 1.54) is 12.8 Å². The van der Waals surface area contributed by atoms with Gasteiger partial charge in [-0.1, -0.05) is 36.4 Å². The van der Waals surface area contributed by atoms with E-state index >= 15 is 0 Å². The molecule has 0 spiro atoms. The number of hydrogen-bond donors (Lipinski definition) is 2. The predicted molar refractivity (Wildman–Crippen MR) is 107 cm³/mol. The van der Waals surface area contributed by atoms with Crippen LogP contribution in [-0.2, 0) is 11.2 Å². The second-order valence-corrected chi connectivity index (χ2v) is 7.22. The summed E-state index contributed by atoms with van der Waals surface area (Å²) in [7, 11) is 0. The number of amides is 2. The van der Waals surface area contributed by atoms with Gasteiger partial charge in [0.15, 0.2) is 0 Å². The minimum Gasteiger partial charge on any atom is -0.369 e. The molecule has 3 rings (SSSR count). The molecule has 2 amide bonds. The van der Waals surface area contributed by atoms with E-state index in [1.807, 2.05) is 48.5 Å². The van der Waals surface area contributed by atoms with Gasteiger partial charge in [-0.2, -0.15) is 0 Å². The molecule has 5 heteroatoms. The fourth-order valence-corrected chi connectivity index (χ4v) is 3.51. The van der Waals surface area contributed by atoms with Gasteiger partial charge in [-0.05, 0) is 61.7 Å². The number of primary amides is 1. The van der Waals surface area contributed by atoms with Gasteiger partial charge in [0.1, 0.15) is 0 Å².